The van der Waals surface area contributed by atoms with Gasteiger partial charge >= 0.3 is 11.8 Å². The third-order valence-electron chi connectivity index (χ3n) is 5.09. The summed E-state index contributed by atoms with van der Waals surface area (Å²) in [6, 6.07) is 11.3. The maximum atomic E-state index is 12.3. The summed E-state index contributed by atoms with van der Waals surface area (Å²) in [5.74, 6) is -0.535. The highest BCUT2D eigenvalue weighted by Crippen LogP contribution is 2.21. The molecule has 0 saturated carbocycles. The zero-order valence-corrected chi connectivity index (χ0v) is 16.9. The van der Waals surface area contributed by atoms with Crippen LogP contribution in [-0.4, -0.2) is 61.2 Å². The molecule has 1 fully saturated rings. The maximum Gasteiger partial charge on any atom is 0.309 e. The van der Waals surface area contributed by atoms with Crippen LogP contribution in [0.15, 0.2) is 42.6 Å². The van der Waals surface area contributed by atoms with E-state index in [4.69, 9.17) is 9.47 Å². The van der Waals surface area contributed by atoms with Crippen LogP contribution in [-0.2, 0) is 27.9 Å². The number of aromatic nitrogens is 1. The van der Waals surface area contributed by atoms with Gasteiger partial charge in [-0.15, -0.1) is 0 Å². The number of ether oxygens (including phenoxy) is 2. The van der Waals surface area contributed by atoms with Crippen molar-refractivity contribution in [2.45, 2.75) is 12.6 Å². The first-order valence-electron chi connectivity index (χ1n) is 9.70. The lowest BCUT2D eigenvalue weighted by molar-refractivity contribution is -0.139. The Labute approximate surface area is 170 Å². The van der Waals surface area contributed by atoms with Gasteiger partial charge in [0.05, 0.1) is 26.4 Å². The van der Waals surface area contributed by atoms with Gasteiger partial charge < -0.3 is 24.7 Å². The van der Waals surface area contributed by atoms with Crippen molar-refractivity contribution >= 4 is 11.8 Å². The van der Waals surface area contributed by atoms with Gasteiger partial charge in [0.25, 0.3) is 0 Å². The molecule has 1 atom stereocenters. The molecular formula is C21H28N4O4. The normalized spacial score (nSPS) is 15.5. The lowest BCUT2D eigenvalue weighted by atomic mass is 10.1. The van der Waals surface area contributed by atoms with E-state index in [-0.39, 0.29) is 12.6 Å². The second kappa shape index (κ2) is 10.1. The standard InChI is InChI=1S/C21H28N4O4/c1-24-9-3-4-18(24)19(25-10-12-29-13-11-25)15-23-21(27)20(26)22-14-16-5-7-17(28-2)8-6-16/h3-9,19H,10-15H2,1-2H3,(H,22,26)(H,23,27). The summed E-state index contributed by atoms with van der Waals surface area (Å²) in [5.41, 5.74) is 1.98. The molecule has 2 N–H and O–H groups in total. The second-order valence-corrected chi connectivity index (χ2v) is 6.95. The van der Waals surface area contributed by atoms with Crippen LogP contribution in [0.25, 0.3) is 0 Å². The molecule has 1 aromatic carbocycles. The van der Waals surface area contributed by atoms with Gasteiger partial charge in [0, 0.05) is 45.1 Å². The number of rotatable bonds is 7. The Balaban J connectivity index is 1.54. The van der Waals surface area contributed by atoms with Crippen LogP contribution in [0.1, 0.15) is 17.3 Å². The first-order chi connectivity index (χ1) is 14.1. The molecule has 1 saturated heterocycles. The van der Waals surface area contributed by atoms with E-state index in [1.165, 1.54) is 0 Å². The topological polar surface area (TPSA) is 84.8 Å². The van der Waals surface area contributed by atoms with E-state index in [0.717, 1.165) is 30.1 Å². The second-order valence-electron chi connectivity index (χ2n) is 6.95. The third kappa shape index (κ3) is 5.58. The van der Waals surface area contributed by atoms with E-state index in [0.29, 0.717) is 19.8 Å². The van der Waals surface area contributed by atoms with Crippen LogP contribution in [0.5, 0.6) is 5.75 Å². The average Bonchev–Trinajstić information content (AvgIpc) is 3.18. The molecule has 0 bridgehead atoms. The molecule has 2 heterocycles. The molecule has 0 spiro atoms. The minimum absolute atomic E-state index is 0.0164. The van der Waals surface area contributed by atoms with Crippen molar-refractivity contribution < 1.29 is 19.1 Å². The molecular weight excluding hydrogens is 372 g/mol. The summed E-state index contributed by atoms with van der Waals surface area (Å²) in [7, 11) is 3.58. The Hall–Kier alpha value is -2.84. The average molecular weight is 400 g/mol. The largest absolute Gasteiger partial charge is 0.497 e. The number of methoxy groups -OCH3 is 1. The summed E-state index contributed by atoms with van der Waals surface area (Å²) < 4.78 is 12.6. The summed E-state index contributed by atoms with van der Waals surface area (Å²) in [5, 5.41) is 5.44. The first-order valence-corrected chi connectivity index (χ1v) is 9.70. The molecule has 0 aliphatic carbocycles. The summed E-state index contributed by atoms with van der Waals surface area (Å²) in [6.45, 7) is 3.53. The van der Waals surface area contributed by atoms with Crippen molar-refractivity contribution in [1.82, 2.24) is 20.1 Å². The fourth-order valence-corrected chi connectivity index (χ4v) is 3.41. The van der Waals surface area contributed by atoms with Gasteiger partial charge in [-0.05, 0) is 29.8 Å². The minimum atomic E-state index is -0.645. The van der Waals surface area contributed by atoms with Gasteiger partial charge in [0.2, 0.25) is 0 Å². The third-order valence-corrected chi connectivity index (χ3v) is 5.09. The van der Waals surface area contributed by atoms with Crippen molar-refractivity contribution in [2.24, 2.45) is 7.05 Å². The maximum absolute atomic E-state index is 12.3. The monoisotopic (exact) mass is 400 g/mol. The van der Waals surface area contributed by atoms with Crippen LogP contribution in [0, 0.1) is 0 Å². The van der Waals surface area contributed by atoms with Crippen molar-refractivity contribution in [3.8, 4) is 5.75 Å². The van der Waals surface area contributed by atoms with Gasteiger partial charge in [0.1, 0.15) is 5.75 Å². The van der Waals surface area contributed by atoms with Gasteiger partial charge in [0.15, 0.2) is 0 Å². The summed E-state index contributed by atoms with van der Waals surface area (Å²) >= 11 is 0. The zero-order valence-electron chi connectivity index (χ0n) is 16.9. The quantitative estimate of drug-likeness (QED) is 0.673. The van der Waals surface area contributed by atoms with Crippen LogP contribution in [0.3, 0.4) is 0 Å². The summed E-state index contributed by atoms with van der Waals surface area (Å²) in [6.07, 6.45) is 1.98. The number of aryl methyl sites for hydroxylation is 1. The highest BCUT2D eigenvalue weighted by molar-refractivity contribution is 6.35. The molecule has 2 aromatic rings. The molecule has 3 rings (SSSR count). The number of morpholine rings is 1. The van der Waals surface area contributed by atoms with Crippen LogP contribution < -0.4 is 15.4 Å². The fraction of sp³-hybridized carbons (Fsp3) is 0.429. The number of nitrogens with one attached hydrogen (secondary N) is 2. The van der Waals surface area contributed by atoms with Crippen LogP contribution in [0.4, 0.5) is 0 Å². The Kier molecular flexibility index (Phi) is 7.26. The molecule has 1 aromatic heterocycles. The van der Waals surface area contributed by atoms with Gasteiger partial charge in [-0.3, -0.25) is 14.5 Å². The van der Waals surface area contributed by atoms with Crippen LogP contribution in [0.2, 0.25) is 0 Å². The Morgan fingerprint density at radius 3 is 2.41 bits per heavy atom. The smallest absolute Gasteiger partial charge is 0.309 e. The zero-order chi connectivity index (χ0) is 20.6. The van der Waals surface area contributed by atoms with Crippen molar-refractivity contribution in [3.05, 3.63) is 53.9 Å². The molecule has 156 valence electrons. The number of carbonyl (C=O) groups is 2. The van der Waals surface area contributed by atoms with Crippen molar-refractivity contribution in [1.29, 1.82) is 0 Å². The number of amides is 2. The van der Waals surface area contributed by atoms with Crippen molar-refractivity contribution in [2.75, 3.05) is 40.0 Å². The number of hydrogen-bond donors (Lipinski definition) is 2. The van der Waals surface area contributed by atoms with E-state index in [1.807, 2.05) is 54.2 Å². The molecule has 1 aliphatic rings. The van der Waals surface area contributed by atoms with Gasteiger partial charge in [-0.1, -0.05) is 12.1 Å². The molecule has 0 radical (unpaired) electrons. The number of hydrogen-bond acceptors (Lipinski definition) is 5. The molecule has 1 aliphatic heterocycles. The van der Waals surface area contributed by atoms with Crippen LogP contribution >= 0.6 is 0 Å². The van der Waals surface area contributed by atoms with Gasteiger partial charge in [-0.2, -0.15) is 0 Å². The van der Waals surface area contributed by atoms with E-state index in [9.17, 15) is 9.59 Å². The predicted octanol–water partition coefficient (Wildman–Crippen LogP) is 0.840. The molecule has 8 heteroatoms. The van der Waals surface area contributed by atoms with E-state index in [1.54, 1.807) is 7.11 Å². The lowest BCUT2D eigenvalue weighted by Gasteiger charge is -2.34. The van der Waals surface area contributed by atoms with E-state index >= 15 is 0 Å². The highest BCUT2D eigenvalue weighted by atomic mass is 16.5. The van der Waals surface area contributed by atoms with Crippen molar-refractivity contribution in [3.63, 3.8) is 0 Å². The van der Waals surface area contributed by atoms with E-state index in [2.05, 4.69) is 15.5 Å². The Bertz CT molecular complexity index is 812. The number of benzene rings is 1. The SMILES string of the molecule is COc1ccc(CNC(=O)C(=O)NCC(c2cccn2C)N2CCOCC2)cc1. The summed E-state index contributed by atoms with van der Waals surface area (Å²) in [4.78, 5) is 26.8. The number of carbonyl (C=O) groups excluding carboxylic acids is 2. The number of nitrogens with zero attached hydrogens (tertiary/aromatic N) is 2. The first kappa shape index (κ1) is 20.9. The lowest BCUT2D eigenvalue weighted by Crippen LogP contribution is -2.47. The minimum Gasteiger partial charge on any atom is -0.497 e. The Morgan fingerprint density at radius 1 is 1.10 bits per heavy atom. The predicted molar refractivity (Wildman–Crippen MR) is 108 cm³/mol. The molecule has 8 nitrogen and oxygen atoms in total. The fourth-order valence-electron chi connectivity index (χ4n) is 3.41. The molecule has 29 heavy (non-hydrogen) atoms. The molecule has 2 amide bonds. The molecule has 1 unspecified atom stereocenters. The van der Waals surface area contributed by atoms with E-state index < -0.39 is 11.8 Å². The Morgan fingerprint density at radius 2 is 1.79 bits per heavy atom. The highest BCUT2D eigenvalue weighted by Gasteiger charge is 2.25. The van der Waals surface area contributed by atoms with Gasteiger partial charge in [-0.25, -0.2) is 0 Å².